The Kier molecular flexibility index (Phi) is 7.72. The lowest BCUT2D eigenvalue weighted by Crippen LogP contribution is -2.67. The van der Waals surface area contributed by atoms with Gasteiger partial charge in [0.25, 0.3) is 8.32 Å². The van der Waals surface area contributed by atoms with Crippen molar-refractivity contribution in [2.45, 2.75) is 44.4 Å². The lowest BCUT2D eigenvalue weighted by atomic mass is 10.1. The molecule has 0 aliphatic carbocycles. The zero-order chi connectivity index (χ0) is 22.3. The molecule has 2 atom stereocenters. The summed E-state index contributed by atoms with van der Waals surface area (Å²) in [5, 5.41) is 2.38. The highest BCUT2D eigenvalue weighted by Gasteiger charge is 2.50. The smallest absolute Gasteiger partial charge is 0.261 e. The number of benzene rings is 2. The van der Waals surface area contributed by atoms with Gasteiger partial charge in [0.2, 0.25) is 0 Å². The van der Waals surface area contributed by atoms with Gasteiger partial charge in [-0.1, -0.05) is 81.4 Å². The first-order chi connectivity index (χ1) is 14.9. The third-order valence-corrected chi connectivity index (χ3v) is 10.7. The van der Waals surface area contributed by atoms with E-state index in [4.69, 9.17) is 14.9 Å². The first kappa shape index (κ1) is 23.3. The predicted octanol–water partition coefficient (Wildman–Crippen LogP) is 2.94. The van der Waals surface area contributed by atoms with Crippen LogP contribution < -0.4 is 16.1 Å². The van der Waals surface area contributed by atoms with Gasteiger partial charge < -0.3 is 14.9 Å². The second-order valence-corrected chi connectivity index (χ2v) is 13.1. The zero-order valence-corrected chi connectivity index (χ0v) is 19.9. The Morgan fingerprint density at radius 1 is 0.871 bits per heavy atom. The summed E-state index contributed by atoms with van der Waals surface area (Å²) in [6.45, 7) is 7.19. The third kappa shape index (κ3) is 5.27. The average molecular weight is 436 g/mol. The predicted molar refractivity (Wildman–Crippen MR) is 128 cm³/mol. The van der Waals surface area contributed by atoms with Crippen LogP contribution in [0.4, 0.5) is 0 Å². The van der Waals surface area contributed by atoms with Gasteiger partial charge in [-0.05, 0) is 21.5 Å². The lowest BCUT2D eigenvalue weighted by Gasteiger charge is -2.44. The Hall–Kier alpha value is -2.38. The quantitative estimate of drug-likeness (QED) is 0.523. The van der Waals surface area contributed by atoms with Crippen LogP contribution in [-0.4, -0.2) is 44.1 Å². The SMILES string of the molecule is CO[C@H](CO[Si](c1ccccc1)(c1ccccc1)C(C)(C)C)[C@H](N)Cc1ncccn1. The van der Waals surface area contributed by atoms with Crippen molar-refractivity contribution in [2.24, 2.45) is 5.73 Å². The van der Waals surface area contributed by atoms with Gasteiger partial charge in [0, 0.05) is 32.0 Å². The number of nitrogens with zero attached hydrogens (tertiary/aromatic N) is 2. The average Bonchev–Trinajstić information content (AvgIpc) is 2.78. The zero-order valence-electron chi connectivity index (χ0n) is 18.9. The molecular formula is C25H33N3O2Si. The highest BCUT2D eigenvalue weighted by atomic mass is 28.4. The summed E-state index contributed by atoms with van der Waals surface area (Å²) in [4.78, 5) is 8.60. The highest BCUT2D eigenvalue weighted by molar-refractivity contribution is 6.99. The summed E-state index contributed by atoms with van der Waals surface area (Å²) in [7, 11) is -0.947. The minimum atomic E-state index is -2.63. The van der Waals surface area contributed by atoms with E-state index in [-0.39, 0.29) is 17.2 Å². The highest BCUT2D eigenvalue weighted by Crippen LogP contribution is 2.36. The van der Waals surface area contributed by atoms with E-state index in [9.17, 15) is 0 Å². The van der Waals surface area contributed by atoms with Gasteiger partial charge in [-0.2, -0.15) is 0 Å². The fourth-order valence-electron chi connectivity index (χ4n) is 4.11. The Morgan fingerprint density at radius 3 is 1.84 bits per heavy atom. The third-order valence-electron chi connectivity index (χ3n) is 5.70. The summed E-state index contributed by atoms with van der Waals surface area (Å²) >= 11 is 0. The van der Waals surface area contributed by atoms with Gasteiger partial charge in [0.15, 0.2) is 0 Å². The molecular weight excluding hydrogens is 402 g/mol. The Balaban J connectivity index is 1.93. The van der Waals surface area contributed by atoms with Gasteiger partial charge in [-0.25, -0.2) is 9.97 Å². The van der Waals surface area contributed by atoms with Crippen LogP contribution in [0.1, 0.15) is 26.6 Å². The molecule has 0 bridgehead atoms. The van der Waals surface area contributed by atoms with Crippen molar-refractivity contribution in [1.29, 1.82) is 0 Å². The van der Waals surface area contributed by atoms with E-state index in [1.54, 1.807) is 25.6 Å². The normalized spacial score (nSPS) is 14.2. The maximum Gasteiger partial charge on any atom is 0.261 e. The van der Waals surface area contributed by atoms with Gasteiger partial charge in [-0.15, -0.1) is 0 Å². The molecule has 2 aromatic carbocycles. The lowest BCUT2D eigenvalue weighted by molar-refractivity contribution is 0.0361. The maximum atomic E-state index is 6.97. The second kappa shape index (κ2) is 10.3. The van der Waals surface area contributed by atoms with Gasteiger partial charge >= 0.3 is 0 Å². The molecule has 0 aliphatic rings. The largest absolute Gasteiger partial charge is 0.405 e. The summed E-state index contributed by atoms with van der Waals surface area (Å²) in [6, 6.07) is 22.7. The van der Waals surface area contributed by atoms with E-state index in [0.717, 1.165) is 0 Å². The number of methoxy groups -OCH3 is 1. The van der Waals surface area contributed by atoms with Crippen molar-refractivity contribution < 1.29 is 9.16 Å². The number of nitrogens with two attached hydrogens (primary N) is 1. The van der Waals surface area contributed by atoms with Crippen LogP contribution in [0, 0.1) is 0 Å². The molecule has 31 heavy (non-hydrogen) atoms. The summed E-state index contributed by atoms with van der Waals surface area (Å²) in [5.41, 5.74) is 6.51. The molecule has 5 nitrogen and oxygen atoms in total. The van der Waals surface area contributed by atoms with Crippen LogP contribution in [0.5, 0.6) is 0 Å². The first-order valence-electron chi connectivity index (χ1n) is 10.7. The van der Waals surface area contributed by atoms with Gasteiger partial charge in [-0.3, -0.25) is 0 Å². The van der Waals surface area contributed by atoms with E-state index in [1.165, 1.54) is 10.4 Å². The maximum absolute atomic E-state index is 6.97. The molecule has 0 unspecified atom stereocenters. The summed E-state index contributed by atoms with van der Waals surface area (Å²) in [5.74, 6) is 0.711. The van der Waals surface area contributed by atoms with Gasteiger partial charge in [0.05, 0.1) is 12.7 Å². The number of aromatic nitrogens is 2. The monoisotopic (exact) mass is 435 g/mol. The fraction of sp³-hybridized carbons (Fsp3) is 0.360. The van der Waals surface area contributed by atoms with E-state index in [1.807, 2.05) is 12.1 Å². The molecule has 0 saturated heterocycles. The second-order valence-electron chi connectivity index (χ2n) is 8.78. The molecule has 0 fully saturated rings. The van der Waals surface area contributed by atoms with Gasteiger partial charge in [0.1, 0.15) is 5.82 Å². The van der Waals surface area contributed by atoms with Crippen LogP contribution in [0.3, 0.4) is 0 Å². The molecule has 0 amide bonds. The van der Waals surface area contributed by atoms with Crippen molar-refractivity contribution >= 4 is 18.7 Å². The molecule has 6 heteroatoms. The number of ether oxygens (including phenoxy) is 1. The molecule has 164 valence electrons. The molecule has 0 spiro atoms. The van der Waals surface area contributed by atoms with Crippen LogP contribution in [0.15, 0.2) is 79.1 Å². The number of hydrogen-bond acceptors (Lipinski definition) is 5. The molecule has 3 rings (SSSR count). The Morgan fingerprint density at radius 2 is 1.39 bits per heavy atom. The standard InChI is InChI=1S/C25H33N3O2Si/c1-25(2,3)31(20-12-7-5-8-13-20,21-14-9-6-10-15-21)30-19-23(29-4)22(26)18-24-27-16-11-17-28-24/h5-17,22-23H,18-19,26H2,1-4H3/t22-,23-/m1/s1. The summed E-state index contributed by atoms with van der Waals surface area (Å²) < 4.78 is 12.8. The molecule has 0 aliphatic heterocycles. The first-order valence-corrected chi connectivity index (χ1v) is 12.6. The van der Waals surface area contributed by atoms with Crippen molar-refractivity contribution in [3.8, 4) is 0 Å². The molecule has 3 aromatic rings. The van der Waals surface area contributed by atoms with Crippen molar-refractivity contribution in [3.63, 3.8) is 0 Å². The van der Waals surface area contributed by atoms with Crippen LogP contribution in [0.25, 0.3) is 0 Å². The summed E-state index contributed by atoms with van der Waals surface area (Å²) in [6.07, 6.45) is 3.72. The minimum Gasteiger partial charge on any atom is -0.405 e. The van der Waals surface area contributed by atoms with E-state index in [2.05, 4.69) is 79.3 Å². The molecule has 0 saturated carbocycles. The van der Waals surface area contributed by atoms with Crippen molar-refractivity contribution in [3.05, 3.63) is 84.9 Å². The molecule has 2 N–H and O–H groups in total. The van der Waals surface area contributed by atoms with E-state index in [0.29, 0.717) is 18.9 Å². The number of rotatable bonds is 9. The molecule has 1 aromatic heterocycles. The van der Waals surface area contributed by atoms with Crippen LogP contribution >= 0.6 is 0 Å². The van der Waals surface area contributed by atoms with Crippen molar-refractivity contribution in [2.75, 3.05) is 13.7 Å². The fourth-order valence-corrected chi connectivity index (χ4v) is 8.68. The van der Waals surface area contributed by atoms with E-state index >= 15 is 0 Å². The Bertz CT molecular complexity index is 878. The molecule has 0 radical (unpaired) electrons. The topological polar surface area (TPSA) is 70.3 Å². The van der Waals surface area contributed by atoms with E-state index < -0.39 is 8.32 Å². The van der Waals surface area contributed by atoms with Crippen LogP contribution in [0.2, 0.25) is 5.04 Å². The number of hydrogen-bond donors (Lipinski definition) is 1. The molecule has 1 heterocycles. The van der Waals surface area contributed by atoms with Crippen LogP contribution in [-0.2, 0) is 15.6 Å². The Labute approximate surface area is 186 Å². The van der Waals surface area contributed by atoms with Crippen molar-refractivity contribution in [1.82, 2.24) is 9.97 Å². The minimum absolute atomic E-state index is 0.0966.